The van der Waals surface area contributed by atoms with Crippen LogP contribution in [-0.2, 0) is 9.84 Å². The number of ketones is 1. The second-order valence-electron chi connectivity index (χ2n) is 6.23. The zero-order valence-corrected chi connectivity index (χ0v) is 15.9. The van der Waals surface area contributed by atoms with Gasteiger partial charge in [-0.15, -0.1) is 0 Å². The molecule has 5 nitrogen and oxygen atoms in total. The Kier molecular flexibility index (Phi) is 4.49. The highest BCUT2D eigenvalue weighted by Crippen LogP contribution is 2.40. The van der Waals surface area contributed by atoms with Gasteiger partial charge in [0.25, 0.3) is 0 Å². The van der Waals surface area contributed by atoms with Gasteiger partial charge in [-0.3, -0.25) is 4.79 Å². The van der Waals surface area contributed by atoms with Crippen LogP contribution in [-0.4, -0.2) is 21.3 Å². The summed E-state index contributed by atoms with van der Waals surface area (Å²) < 4.78 is 31.5. The van der Waals surface area contributed by atoms with E-state index < -0.39 is 15.6 Å². The fourth-order valence-corrected chi connectivity index (χ4v) is 4.67. The maximum Gasteiger partial charge on any atom is 0.214 e. The summed E-state index contributed by atoms with van der Waals surface area (Å²) in [6.45, 7) is 0. The third kappa shape index (κ3) is 2.97. The first-order valence-corrected chi connectivity index (χ1v) is 10.1. The lowest BCUT2D eigenvalue weighted by atomic mass is 10.1. The van der Waals surface area contributed by atoms with Gasteiger partial charge in [-0.2, -0.15) is 0 Å². The number of sulfone groups is 1. The number of methoxy groups -OCH3 is 1. The first-order valence-electron chi connectivity index (χ1n) is 8.61. The second kappa shape index (κ2) is 6.98. The summed E-state index contributed by atoms with van der Waals surface area (Å²) >= 11 is 0. The van der Waals surface area contributed by atoms with Crippen molar-refractivity contribution in [3.8, 4) is 5.75 Å². The maximum atomic E-state index is 13.2. The molecule has 1 aliphatic heterocycles. The smallest absolute Gasteiger partial charge is 0.214 e. The number of rotatable bonds is 4. The molecule has 3 aromatic carbocycles. The molecule has 0 aliphatic carbocycles. The van der Waals surface area contributed by atoms with E-state index >= 15 is 0 Å². The van der Waals surface area contributed by atoms with Gasteiger partial charge in [0.05, 0.1) is 17.7 Å². The highest BCUT2D eigenvalue weighted by Gasteiger charge is 2.35. The van der Waals surface area contributed by atoms with Gasteiger partial charge < -0.3 is 9.64 Å². The molecule has 0 atom stereocenters. The van der Waals surface area contributed by atoms with Crippen LogP contribution in [0, 0.1) is 0 Å². The number of benzene rings is 3. The average Bonchev–Trinajstić information content (AvgIpc) is 2.74. The molecule has 0 saturated heterocycles. The molecular formula is C22H17NO4S. The summed E-state index contributed by atoms with van der Waals surface area (Å²) in [7, 11) is -2.42. The molecule has 4 rings (SSSR count). The SMILES string of the molecule is COc1ccc(C(=O)C2=CN(c3ccccc3)c3ccccc3S2(=O)=O)cc1. The van der Waals surface area contributed by atoms with Crippen LogP contribution in [0.5, 0.6) is 5.75 Å². The van der Waals surface area contributed by atoms with E-state index in [2.05, 4.69) is 0 Å². The van der Waals surface area contributed by atoms with Crippen molar-refractivity contribution in [2.24, 2.45) is 0 Å². The Bertz CT molecular complexity index is 1170. The third-order valence-electron chi connectivity index (χ3n) is 4.56. The Hall–Kier alpha value is -3.38. The molecule has 0 N–H and O–H groups in total. The molecule has 0 unspecified atom stereocenters. The Labute approximate surface area is 163 Å². The number of nitrogens with zero attached hydrogens (tertiary/aromatic N) is 1. The summed E-state index contributed by atoms with van der Waals surface area (Å²) in [5, 5.41) is 0. The van der Waals surface area contributed by atoms with Crippen molar-refractivity contribution in [3.05, 3.63) is 95.5 Å². The molecule has 1 aliphatic rings. The number of fused-ring (bicyclic) bond motifs is 1. The zero-order valence-electron chi connectivity index (χ0n) is 15.1. The molecule has 0 spiro atoms. The number of carbonyl (C=O) groups excluding carboxylic acids is 1. The van der Waals surface area contributed by atoms with E-state index in [1.165, 1.54) is 19.4 Å². The van der Waals surface area contributed by atoms with Crippen molar-refractivity contribution in [1.29, 1.82) is 0 Å². The number of anilines is 2. The van der Waals surface area contributed by atoms with Crippen LogP contribution in [0.15, 0.2) is 94.9 Å². The van der Waals surface area contributed by atoms with Crippen molar-refractivity contribution in [2.75, 3.05) is 12.0 Å². The number of allylic oxidation sites excluding steroid dienone is 1. The highest BCUT2D eigenvalue weighted by atomic mass is 32.2. The quantitative estimate of drug-likeness (QED) is 0.619. The lowest BCUT2D eigenvalue weighted by Gasteiger charge is -2.28. The van der Waals surface area contributed by atoms with Crippen molar-refractivity contribution in [2.45, 2.75) is 4.90 Å². The van der Waals surface area contributed by atoms with E-state index in [4.69, 9.17) is 4.74 Å². The van der Waals surface area contributed by atoms with Crippen LogP contribution in [0.25, 0.3) is 0 Å². The van der Waals surface area contributed by atoms with Gasteiger partial charge in [0.1, 0.15) is 10.7 Å². The topological polar surface area (TPSA) is 63.7 Å². The van der Waals surface area contributed by atoms with E-state index in [1.807, 2.05) is 30.3 Å². The molecule has 140 valence electrons. The molecule has 1 heterocycles. The maximum absolute atomic E-state index is 13.2. The number of hydrogen-bond donors (Lipinski definition) is 0. The lowest BCUT2D eigenvalue weighted by Crippen LogP contribution is -2.25. The summed E-state index contributed by atoms with van der Waals surface area (Å²) in [4.78, 5) is 14.7. The first-order chi connectivity index (χ1) is 13.5. The van der Waals surface area contributed by atoms with Crippen LogP contribution in [0.1, 0.15) is 10.4 Å². The normalized spacial score (nSPS) is 14.8. The van der Waals surface area contributed by atoms with Gasteiger partial charge in [-0.25, -0.2) is 8.42 Å². The molecule has 0 amide bonds. The monoisotopic (exact) mass is 391 g/mol. The summed E-state index contributed by atoms with van der Waals surface area (Å²) in [5.41, 5.74) is 1.56. The third-order valence-corrected chi connectivity index (χ3v) is 6.35. The van der Waals surface area contributed by atoms with Crippen molar-refractivity contribution in [1.82, 2.24) is 0 Å². The molecule has 0 bridgehead atoms. The van der Waals surface area contributed by atoms with Gasteiger partial charge >= 0.3 is 0 Å². The van der Waals surface area contributed by atoms with E-state index in [1.54, 1.807) is 47.4 Å². The minimum atomic E-state index is -3.95. The van der Waals surface area contributed by atoms with Crippen LogP contribution in [0.4, 0.5) is 11.4 Å². The fraction of sp³-hybridized carbons (Fsp3) is 0.0455. The fourth-order valence-electron chi connectivity index (χ4n) is 3.13. The first kappa shape index (κ1) is 18.0. The predicted octanol–water partition coefficient (Wildman–Crippen LogP) is 4.34. The van der Waals surface area contributed by atoms with Gasteiger partial charge in [-0.05, 0) is 48.5 Å². The van der Waals surface area contributed by atoms with Crippen LogP contribution in [0.2, 0.25) is 0 Å². The van der Waals surface area contributed by atoms with Crippen LogP contribution >= 0.6 is 0 Å². The number of ether oxygens (including phenoxy) is 1. The van der Waals surface area contributed by atoms with E-state index in [9.17, 15) is 13.2 Å². The number of Topliss-reactive ketones (excluding diaryl/α,β-unsaturated/α-hetero) is 1. The molecule has 0 saturated carbocycles. The van der Waals surface area contributed by atoms with Gasteiger partial charge in [0, 0.05) is 17.5 Å². The van der Waals surface area contributed by atoms with Crippen molar-refractivity contribution >= 4 is 27.0 Å². The second-order valence-corrected chi connectivity index (χ2v) is 8.11. The summed E-state index contributed by atoms with van der Waals surface area (Å²) in [6.07, 6.45) is 1.40. The van der Waals surface area contributed by atoms with Crippen molar-refractivity contribution in [3.63, 3.8) is 0 Å². The number of hydrogen-bond acceptors (Lipinski definition) is 5. The summed E-state index contributed by atoms with van der Waals surface area (Å²) in [6, 6.07) is 22.4. The molecule has 28 heavy (non-hydrogen) atoms. The lowest BCUT2D eigenvalue weighted by molar-refractivity contribution is 0.104. The molecule has 3 aromatic rings. The van der Waals surface area contributed by atoms with E-state index in [0.717, 1.165) is 5.69 Å². The number of carbonyl (C=O) groups is 1. The van der Waals surface area contributed by atoms with Gasteiger partial charge in [0.15, 0.2) is 0 Å². The largest absolute Gasteiger partial charge is 0.497 e. The summed E-state index contributed by atoms with van der Waals surface area (Å²) in [5.74, 6) is 0.0337. The molecule has 0 fully saturated rings. The molecule has 0 radical (unpaired) electrons. The molecule has 6 heteroatoms. The minimum absolute atomic E-state index is 0.109. The Morgan fingerprint density at radius 3 is 2.18 bits per heavy atom. The van der Waals surface area contributed by atoms with Gasteiger partial charge in [0.2, 0.25) is 15.6 Å². The molecular weight excluding hydrogens is 374 g/mol. The zero-order chi connectivity index (χ0) is 19.7. The predicted molar refractivity (Wildman–Crippen MR) is 108 cm³/mol. The minimum Gasteiger partial charge on any atom is -0.497 e. The van der Waals surface area contributed by atoms with Gasteiger partial charge in [-0.1, -0.05) is 30.3 Å². The Morgan fingerprint density at radius 2 is 1.50 bits per heavy atom. The Balaban J connectivity index is 1.88. The van der Waals surface area contributed by atoms with Crippen LogP contribution in [0.3, 0.4) is 0 Å². The number of para-hydroxylation sites is 2. The van der Waals surface area contributed by atoms with Crippen molar-refractivity contribution < 1.29 is 17.9 Å². The van der Waals surface area contributed by atoms with E-state index in [-0.39, 0.29) is 15.4 Å². The highest BCUT2D eigenvalue weighted by molar-refractivity contribution is 7.96. The standard InChI is InChI=1S/C22H17NO4S/c1-27-18-13-11-16(12-14-18)22(24)21-15-23(17-7-3-2-4-8-17)19-9-5-6-10-20(19)28(21,25)26/h2-15H,1H3. The average molecular weight is 391 g/mol. The van der Waals surface area contributed by atoms with Crippen LogP contribution < -0.4 is 9.64 Å². The van der Waals surface area contributed by atoms with E-state index in [0.29, 0.717) is 11.4 Å². The Morgan fingerprint density at radius 1 is 0.857 bits per heavy atom. The molecule has 0 aromatic heterocycles.